The molecule has 0 saturated carbocycles. The minimum atomic E-state index is 0.0157. The van der Waals surface area contributed by atoms with Crippen LogP contribution in [0.25, 0.3) is 5.69 Å². The molecule has 3 rings (SSSR count). The Morgan fingerprint density at radius 1 is 1.40 bits per heavy atom. The molecule has 2 N–H and O–H groups in total. The summed E-state index contributed by atoms with van der Waals surface area (Å²) in [6, 6.07) is 9.56. The molecule has 0 radical (unpaired) electrons. The van der Waals surface area contributed by atoms with Gasteiger partial charge >= 0.3 is 0 Å². The third-order valence-corrected chi connectivity index (χ3v) is 3.85. The lowest BCUT2D eigenvalue weighted by Crippen LogP contribution is -2.48. The summed E-state index contributed by atoms with van der Waals surface area (Å²) < 4.78 is 1.76. The molecule has 2 aromatic rings. The van der Waals surface area contributed by atoms with Gasteiger partial charge in [0.2, 0.25) is 5.91 Å². The Morgan fingerprint density at radius 3 is 2.85 bits per heavy atom. The van der Waals surface area contributed by atoms with E-state index in [1.807, 2.05) is 43.5 Å². The third-order valence-electron chi connectivity index (χ3n) is 3.85. The first-order chi connectivity index (χ1) is 9.75. The molecule has 1 aliphatic heterocycles. The Balaban J connectivity index is 1.79. The monoisotopic (exact) mass is 270 g/mol. The highest BCUT2D eigenvalue weighted by Crippen LogP contribution is 2.22. The molecule has 1 atom stereocenters. The molecule has 104 valence electrons. The Morgan fingerprint density at radius 2 is 2.20 bits per heavy atom. The predicted octanol–water partition coefficient (Wildman–Crippen LogP) is 1.67. The number of benzene rings is 1. The van der Waals surface area contributed by atoms with Crippen molar-refractivity contribution in [2.45, 2.75) is 6.92 Å². The van der Waals surface area contributed by atoms with Crippen LogP contribution in [0.4, 0.5) is 5.69 Å². The fraction of sp³-hybridized carbons (Fsp3) is 0.333. The zero-order valence-corrected chi connectivity index (χ0v) is 11.4. The van der Waals surface area contributed by atoms with E-state index in [0.29, 0.717) is 5.92 Å². The Kier molecular flexibility index (Phi) is 3.52. The first-order valence-corrected chi connectivity index (χ1v) is 6.86. The zero-order valence-electron chi connectivity index (χ0n) is 11.4. The normalized spacial score (nSPS) is 16.4. The predicted molar refractivity (Wildman–Crippen MR) is 77.7 cm³/mol. The van der Waals surface area contributed by atoms with Crippen LogP contribution in [-0.2, 0) is 4.79 Å². The number of nitrogens with zero attached hydrogens (tertiary/aromatic N) is 2. The van der Waals surface area contributed by atoms with E-state index in [9.17, 15) is 4.79 Å². The minimum Gasteiger partial charge on any atom is -0.324 e. The van der Waals surface area contributed by atoms with Crippen LogP contribution in [0, 0.1) is 11.8 Å². The van der Waals surface area contributed by atoms with Gasteiger partial charge in [-0.1, -0.05) is 19.1 Å². The van der Waals surface area contributed by atoms with Gasteiger partial charge in [0.05, 0.1) is 11.4 Å². The van der Waals surface area contributed by atoms with Crippen molar-refractivity contribution in [3.63, 3.8) is 0 Å². The molecular formula is C15H18N4O. The van der Waals surface area contributed by atoms with E-state index in [2.05, 4.69) is 15.7 Å². The largest absolute Gasteiger partial charge is 0.324 e. The van der Waals surface area contributed by atoms with E-state index in [1.165, 1.54) is 0 Å². The van der Waals surface area contributed by atoms with Gasteiger partial charge < -0.3 is 10.6 Å². The fourth-order valence-corrected chi connectivity index (χ4v) is 2.32. The molecule has 1 unspecified atom stereocenters. The van der Waals surface area contributed by atoms with Crippen molar-refractivity contribution in [1.29, 1.82) is 0 Å². The summed E-state index contributed by atoms with van der Waals surface area (Å²) in [5.41, 5.74) is 1.67. The molecule has 1 fully saturated rings. The number of anilines is 1. The molecule has 0 bridgehead atoms. The van der Waals surface area contributed by atoms with Crippen LogP contribution in [0.1, 0.15) is 6.92 Å². The molecule has 1 aromatic heterocycles. The SMILES string of the molecule is CC(C(=O)Nc1ccccc1-n1cccn1)C1CNC1. The number of aromatic nitrogens is 2. The highest BCUT2D eigenvalue weighted by Gasteiger charge is 2.28. The van der Waals surface area contributed by atoms with Crippen molar-refractivity contribution in [3.05, 3.63) is 42.7 Å². The first kappa shape index (κ1) is 12.9. The average molecular weight is 270 g/mol. The average Bonchev–Trinajstić information content (AvgIpc) is 2.91. The van der Waals surface area contributed by atoms with Crippen molar-refractivity contribution in [1.82, 2.24) is 15.1 Å². The third kappa shape index (κ3) is 2.44. The van der Waals surface area contributed by atoms with Gasteiger partial charge in [0.25, 0.3) is 0 Å². The lowest BCUT2D eigenvalue weighted by Gasteiger charge is -2.31. The van der Waals surface area contributed by atoms with E-state index in [0.717, 1.165) is 24.5 Å². The van der Waals surface area contributed by atoms with E-state index in [-0.39, 0.29) is 11.8 Å². The Bertz CT molecular complexity index is 590. The summed E-state index contributed by atoms with van der Waals surface area (Å²) in [5, 5.41) is 10.4. The number of para-hydroxylation sites is 2. The van der Waals surface area contributed by atoms with Crippen molar-refractivity contribution >= 4 is 11.6 Å². The highest BCUT2D eigenvalue weighted by atomic mass is 16.1. The van der Waals surface area contributed by atoms with Gasteiger partial charge in [-0.3, -0.25) is 4.79 Å². The molecule has 20 heavy (non-hydrogen) atoms. The summed E-state index contributed by atoms with van der Waals surface area (Å²) in [5.74, 6) is 0.518. The fourth-order valence-electron chi connectivity index (χ4n) is 2.32. The smallest absolute Gasteiger partial charge is 0.227 e. The first-order valence-electron chi connectivity index (χ1n) is 6.86. The topological polar surface area (TPSA) is 59.0 Å². The number of nitrogens with one attached hydrogen (secondary N) is 2. The summed E-state index contributed by atoms with van der Waals surface area (Å²) in [6.45, 7) is 3.84. The second kappa shape index (κ2) is 5.46. The number of carbonyl (C=O) groups excluding carboxylic acids is 1. The van der Waals surface area contributed by atoms with Crippen molar-refractivity contribution in [2.24, 2.45) is 11.8 Å². The molecule has 1 aromatic carbocycles. The van der Waals surface area contributed by atoms with Crippen molar-refractivity contribution in [2.75, 3.05) is 18.4 Å². The van der Waals surface area contributed by atoms with Crippen LogP contribution in [0.15, 0.2) is 42.7 Å². The van der Waals surface area contributed by atoms with Crippen LogP contribution < -0.4 is 10.6 Å². The summed E-state index contributed by atoms with van der Waals surface area (Å²) in [6.07, 6.45) is 3.59. The molecule has 0 spiro atoms. The van der Waals surface area contributed by atoms with Crippen LogP contribution in [0.2, 0.25) is 0 Å². The summed E-state index contributed by atoms with van der Waals surface area (Å²) in [7, 11) is 0. The Hall–Kier alpha value is -2.14. The maximum atomic E-state index is 12.3. The number of carbonyl (C=O) groups is 1. The van der Waals surface area contributed by atoms with Crippen LogP contribution in [-0.4, -0.2) is 28.8 Å². The van der Waals surface area contributed by atoms with Crippen LogP contribution in [0.3, 0.4) is 0 Å². The lowest BCUT2D eigenvalue weighted by molar-refractivity contribution is -0.121. The lowest BCUT2D eigenvalue weighted by atomic mass is 9.88. The van der Waals surface area contributed by atoms with Gasteiger partial charge in [-0.25, -0.2) is 4.68 Å². The van der Waals surface area contributed by atoms with Gasteiger partial charge in [-0.2, -0.15) is 5.10 Å². The highest BCUT2D eigenvalue weighted by molar-refractivity contribution is 5.94. The second-order valence-corrected chi connectivity index (χ2v) is 5.16. The van der Waals surface area contributed by atoms with Crippen molar-refractivity contribution in [3.8, 4) is 5.69 Å². The van der Waals surface area contributed by atoms with E-state index < -0.39 is 0 Å². The molecule has 5 heteroatoms. The molecule has 5 nitrogen and oxygen atoms in total. The van der Waals surface area contributed by atoms with Gasteiger partial charge in [-0.05, 0) is 37.2 Å². The second-order valence-electron chi connectivity index (χ2n) is 5.16. The van der Waals surface area contributed by atoms with Crippen molar-refractivity contribution < 1.29 is 4.79 Å². The molecule has 2 heterocycles. The number of hydrogen-bond donors (Lipinski definition) is 2. The summed E-state index contributed by atoms with van der Waals surface area (Å²) >= 11 is 0. The van der Waals surface area contributed by atoms with Gasteiger partial charge in [-0.15, -0.1) is 0 Å². The van der Waals surface area contributed by atoms with E-state index in [4.69, 9.17) is 0 Å². The number of amides is 1. The molecule has 0 aliphatic carbocycles. The van der Waals surface area contributed by atoms with Gasteiger partial charge in [0.15, 0.2) is 0 Å². The minimum absolute atomic E-state index is 0.0157. The number of rotatable bonds is 4. The van der Waals surface area contributed by atoms with E-state index >= 15 is 0 Å². The van der Waals surface area contributed by atoms with E-state index in [1.54, 1.807) is 10.9 Å². The van der Waals surface area contributed by atoms with Crippen LogP contribution in [0.5, 0.6) is 0 Å². The molecule has 1 saturated heterocycles. The maximum Gasteiger partial charge on any atom is 0.227 e. The molecule has 1 aliphatic rings. The van der Waals surface area contributed by atoms with Gasteiger partial charge in [0.1, 0.15) is 0 Å². The molecular weight excluding hydrogens is 252 g/mol. The quantitative estimate of drug-likeness (QED) is 0.888. The standard InChI is InChI=1S/C15H18N4O/c1-11(12-9-16-10-12)15(20)18-13-5-2-3-6-14(13)19-8-4-7-17-19/h2-8,11-12,16H,9-10H2,1H3,(H,18,20). The Labute approximate surface area is 118 Å². The zero-order chi connectivity index (χ0) is 13.9. The summed E-state index contributed by atoms with van der Waals surface area (Å²) in [4.78, 5) is 12.3. The van der Waals surface area contributed by atoms with Crippen LogP contribution >= 0.6 is 0 Å². The number of hydrogen-bond acceptors (Lipinski definition) is 3. The maximum absolute atomic E-state index is 12.3. The molecule has 1 amide bonds. The van der Waals surface area contributed by atoms with Gasteiger partial charge in [0, 0.05) is 18.3 Å².